The molecule has 2 unspecified atom stereocenters. The minimum atomic E-state index is -0.571. The van der Waals surface area contributed by atoms with E-state index in [1.165, 1.54) is 0 Å². The van der Waals surface area contributed by atoms with Crippen LogP contribution in [0.15, 0.2) is 4.42 Å². The summed E-state index contributed by atoms with van der Waals surface area (Å²) in [7, 11) is 0. The van der Waals surface area contributed by atoms with Crippen molar-refractivity contribution >= 4 is 5.97 Å². The molecule has 2 atom stereocenters. The van der Waals surface area contributed by atoms with Gasteiger partial charge < -0.3 is 13.9 Å². The van der Waals surface area contributed by atoms with E-state index in [4.69, 9.17) is 13.9 Å². The van der Waals surface area contributed by atoms with E-state index in [-0.39, 0.29) is 17.9 Å². The highest BCUT2D eigenvalue weighted by atomic mass is 16.5. The second-order valence-electron chi connectivity index (χ2n) is 3.88. The maximum atomic E-state index is 11.4. The van der Waals surface area contributed by atoms with Crippen molar-refractivity contribution in [1.82, 2.24) is 10.2 Å². The fraction of sp³-hybridized carbons (Fsp3) is 0.727. The van der Waals surface area contributed by atoms with Crippen molar-refractivity contribution in [3.05, 3.63) is 11.8 Å². The van der Waals surface area contributed by atoms with Crippen LogP contribution in [0.3, 0.4) is 0 Å². The quantitative estimate of drug-likeness (QED) is 0.743. The number of esters is 1. The maximum absolute atomic E-state index is 11.4. The van der Waals surface area contributed by atoms with Crippen LogP contribution in [0.1, 0.15) is 49.2 Å². The first kappa shape index (κ1) is 12.0. The van der Waals surface area contributed by atoms with Gasteiger partial charge in [0.05, 0.1) is 18.6 Å². The summed E-state index contributed by atoms with van der Waals surface area (Å²) in [5.41, 5.74) is 0. The topological polar surface area (TPSA) is 74.5 Å². The molecule has 0 aromatic carbocycles. The average molecular weight is 240 g/mol. The van der Waals surface area contributed by atoms with Gasteiger partial charge in [-0.25, -0.2) is 4.79 Å². The number of rotatable bonds is 4. The predicted octanol–water partition coefficient (Wildman–Crippen LogP) is 1.53. The minimum absolute atomic E-state index is 0.0800. The molecule has 17 heavy (non-hydrogen) atoms. The van der Waals surface area contributed by atoms with Crippen LogP contribution in [-0.4, -0.2) is 35.5 Å². The fourth-order valence-corrected chi connectivity index (χ4v) is 1.99. The van der Waals surface area contributed by atoms with E-state index in [9.17, 15) is 4.79 Å². The third-order valence-electron chi connectivity index (χ3n) is 2.82. The maximum Gasteiger partial charge on any atom is 0.396 e. The lowest BCUT2D eigenvalue weighted by Gasteiger charge is -2.11. The summed E-state index contributed by atoms with van der Waals surface area (Å²) in [5, 5.41) is 7.60. The predicted molar refractivity (Wildman–Crippen MR) is 57.6 cm³/mol. The van der Waals surface area contributed by atoms with Gasteiger partial charge in [-0.2, -0.15) is 0 Å². The lowest BCUT2D eigenvalue weighted by atomic mass is 10.00. The molecule has 1 aliphatic rings. The Labute approximate surface area is 99.3 Å². The first-order valence-corrected chi connectivity index (χ1v) is 5.88. The van der Waals surface area contributed by atoms with E-state index in [1.807, 2.05) is 6.92 Å². The highest BCUT2D eigenvalue weighted by Gasteiger charge is 2.33. The molecule has 94 valence electrons. The monoisotopic (exact) mass is 240 g/mol. The Kier molecular flexibility index (Phi) is 3.73. The van der Waals surface area contributed by atoms with Crippen molar-refractivity contribution in [1.29, 1.82) is 0 Å². The molecule has 0 amide bonds. The molecule has 1 aliphatic heterocycles. The first-order valence-electron chi connectivity index (χ1n) is 5.88. The van der Waals surface area contributed by atoms with Crippen molar-refractivity contribution in [2.24, 2.45) is 0 Å². The van der Waals surface area contributed by atoms with Crippen LogP contribution in [0.4, 0.5) is 0 Å². The van der Waals surface area contributed by atoms with Gasteiger partial charge in [-0.05, 0) is 19.8 Å². The van der Waals surface area contributed by atoms with Crippen molar-refractivity contribution in [2.75, 3.05) is 13.2 Å². The summed E-state index contributed by atoms with van der Waals surface area (Å²) in [5.74, 6) is -0.0881. The Hall–Kier alpha value is -1.43. The van der Waals surface area contributed by atoms with Gasteiger partial charge in [-0.3, -0.25) is 0 Å². The smallest absolute Gasteiger partial charge is 0.396 e. The lowest BCUT2D eigenvalue weighted by Crippen LogP contribution is -2.13. The molecule has 0 spiro atoms. The minimum Gasteiger partial charge on any atom is -0.459 e. The molecule has 1 aromatic rings. The molecule has 1 saturated heterocycles. The molecule has 1 aromatic heterocycles. The molecule has 0 N–H and O–H groups in total. The van der Waals surface area contributed by atoms with Crippen LogP contribution in [0.2, 0.25) is 0 Å². The van der Waals surface area contributed by atoms with E-state index in [0.717, 1.165) is 12.8 Å². The second-order valence-corrected chi connectivity index (χ2v) is 3.88. The largest absolute Gasteiger partial charge is 0.459 e. The highest BCUT2D eigenvalue weighted by Crippen LogP contribution is 2.32. The second kappa shape index (κ2) is 5.27. The van der Waals surface area contributed by atoms with Crippen molar-refractivity contribution < 1.29 is 18.7 Å². The highest BCUT2D eigenvalue weighted by molar-refractivity contribution is 5.83. The molecule has 0 bridgehead atoms. The molecule has 6 nitrogen and oxygen atoms in total. The van der Waals surface area contributed by atoms with Gasteiger partial charge in [-0.1, -0.05) is 6.92 Å². The van der Waals surface area contributed by atoms with E-state index in [1.54, 1.807) is 6.92 Å². The molecule has 2 rings (SSSR count). The van der Waals surface area contributed by atoms with Gasteiger partial charge in [0.2, 0.25) is 5.89 Å². The molecule has 6 heteroatoms. The summed E-state index contributed by atoms with van der Waals surface area (Å²) in [6.45, 7) is 4.76. The molecule has 1 fully saturated rings. The number of carbonyl (C=O) groups is 1. The van der Waals surface area contributed by atoms with Crippen molar-refractivity contribution in [2.45, 2.75) is 38.7 Å². The van der Waals surface area contributed by atoms with Crippen LogP contribution in [0.25, 0.3) is 0 Å². The molecule has 0 radical (unpaired) electrons. The van der Waals surface area contributed by atoms with Gasteiger partial charge in [0, 0.05) is 6.61 Å². The van der Waals surface area contributed by atoms with Crippen molar-refractivity contribution in [3.63, 3.8) is 0 Å². The van der Waals surface area contributed by atoms with Crippen LogP contribution >= 0.6 is 0 Å². The summed E-state index contributed by atoms with van der Waals surface area (Å²) in [6, 6.07) is 0. The van der Waals surface area contributed by atoms with Gasteiger partial charge in [0.15, 0.2) is 0 Å². The van der Waals surface area contributed by atoms with Crippen LogP contribution in [0.5, 0.6) is 0 Å². The lowest BCUT2D eigenvalue weighted by molar-refractivity contribution is 0.0475. The SMILES string of the molecule is CCOC(=O)c1nnc(C2CCOC2CC)o1. The number of nitrogens with zero attached hydrogens (tertiary/aromatic N) is 2. The molecule has 0 aliphatic carbocycles. The van der Waals surface area contributed by atoms with Crippen molar-refractivity contribution in [3.8, 4) is 0 Å². The number of aromatic nitrogens is 2. The van der Waals surface area contributed by atoms with E-state index >= 15 is 0 Å². The molecular weight excluding hydrogens is 224 g/mol. The van der Waals surface area contributed by atoms with Gasteiger partial charge in [0.25, 0.3) is 0 Å². The Bertz CT molecular complexity index is 391. The zero-order chi connectivity index (χ0) is 12.3. The number of hydrogen-bond acceptors (Lipinski definition) is 6. The van der Waals surface area contributed by atoms with Crippen LogP contribution in [-0.2, 0) is 9.47 Å². The van der Waals surface area contributed by atoms with Crippen LogP contribution < -0.4 is 0 Å². The Morgan fingerprint density at radius 2 is 2.29 bits per heavy atom. The molecular formula is C11H16N2O4. The normalized spacial score (nSPS) is 23.9. The van der Waals surface area contributed by atoms with E-state index in [0.29, 0.717) is 19.1 Å². The Balaban J connectivity index is 2.09. The Morgan fingerprint density at radius 1 is 1.47 bits per heavy atom. The van der Waals surface area contributed by atoms with Gasteiger partial charge >= 0.3 is 11.9 Å². The Morgan fingerprint density at radius 3 is 3.00 bits per heavy atom. The van der Waals surface area contributed by atoms with E-state index in [2.05, 4.69) is 10.2 Å². The average Bonchev–Trinajstić information content (AvgIpc) is 2.97. The number of ether oxygens (including phenoxy) is 2. The number of carbonyl (C=O) groups excluding carboxylic acids is 1. The summed E-state index contributed by atoms with van der Waals surface area (Å²) in [4.78, 5) is 11.4. The molecule has 0 saturated carbocycles. The summed E-state index contributed by atoms with van der Waals surface area (Å²) < 4.78 is 15.7. The van der Waals surface area contributed by atoms with E-state index < -0.39 is 5.97 Å². The van der Waals surface area contributed by atoms with Gasteiger partial charge in [-0.15, -0.1) is 10.2 Å². The van der Waals surface area contributed by atoms with Gasteiger partial charge in [0.1, 0.15) is 0 Å². The third kappa shape index (κ3) is 2.46. The van der Waals surface area contributed by atoms with Crippen LogP contribution in [0, 0.1) is 0 Å². The fourth-order valence-electron chi connectivity index (χ4n) is 1.99. The summed E-state index contributed by atoms with van der Waals surface area (Å²) in [6.07, 6.45) is 1.84. The third-order valence-corrected chi connectivity index (χ3v) is 2.82. The first-order chi connectivity index (χ1) is 8.26. The number of hydrogen-bond donors (Lipinski definition) is 0. The standard InChI is InChI=1S/C11H16N2O4/c1-3-8-7(5-6-16-8)9-12-13-10(17-9)11(14)15-4-2/h7-8H,3-6H2,1-2H3. The zero-order valence-corrected chi connectivity index (χ0v) is 10.0. The molecule has 2 heterocycles. The summed E-state index contributed by atoms with van der Waals surface area (Å²) >= 11 is 0. The zero-order valence-electron chi connectivity index (χ0n) is 10.0.